The summed E-state index contributed by atoms with van der Waals surface area (Å²) in [5, 5.41) is 13.9. The van der Waals surface area contributed by atoms with E-state index < -0.39 is 23.5 Å². The number of pyridine rings is 1. The van der Waals surface area contributed by atoms with Gasteiger partial charge in [-0.25, -0.2) is 4.98 Å². The summed E-state index contributed by atoms with van der Waals surface area (Å²) in [5.41, 5.74) is 1.72. The Morgan fingerprint density at radius 1 is 1.12 bits per heavy atom. The SMILES string of the molecule is COc1ccccc1C1C(C(=O)c2cc3ccccc3o2)=C([O-])C(=O)N1Cc1ccc[nH+]c1. The number of Topliss-reactive ketones (excluding diaryl/α,β-unsaturated/α-hetero) is 1. The molecule has 0 aliphatic carbocycles. The van der Waals surface area contributed by atoms with Gasteiger partial charge < -0.3 is 19.2 Å². The fourth-order valence-electron chi connectivity index (χ4n) is 4.20. The molecule has 7 nitrogen and oxygen atoms in total. The zero-order valence-electron chi connectivity index (χ0n) is 17.8. The fraction of sp³-hybridized carbons (Fsp3) is 0.115. The van der Waals surface area contributed by atoms with E-state index in [-0.39, 0.29) is 17.9 Å². The van der Waals surface area contributed by atoms with E-state index in [9.17, 15) is 14.7 Å². The van der Waals surface area contributed by atoms with Crippen molar-refractivity contribution in [1.29, 1.82) is 0 Å². The number of aromatic nitrogens is 1. The molecule has 1 unspecified atom stereocenters. The van der Waals surface area contributed by atoms with E-state index in [1.54, 1.807) is 60.9 Å². The number of rotatable bonds is 6. The highest BCUT2D eigenvalue weighted by molar-refractivity contribution is 6.15. The molecule has 0 bridgehead atoms. The molecule has 0 fully saturated rings. The van der Waals surface area contributed by atoms with Crippen LogP contribution in [-0.2, 0) is 11.3 Å². The normalized spacial score (nSPS) is 16.0. The molecule has 33 heavy (non-hydrogen) atoms. The van der Waals surface area contributed by atoms with Gasteiger partial charge in [0.1, 0.15) is 11.3 Å². The number of fused-ring (bicyclic) bond motifs is 1. The molecule has 1 amide bonds. The van der Waals surface area contributed by atoms with Crippen LogP contribution in [0.4, 0.5) is 0 Å². The van der Waals surface area contributed by atoms with Crippen molar-refractivity contribution < 1.29 is 28.8 Å². The highest BCUT2D eigenvalue weighted by Gasteiger charge is 2.41. The summed E-state index contributed by atoms with van der Waals surface area (Å²) in [7, 11) is 1.51. The molecule has 1 N–H and O–H groups in total. The molecule has 0 spiro atoms. The Morgan fingerprint density at radius 3 is 2.67 bits per heavy atom. The number of para-hydroxylation sites is 2. The Labute approximate surface area is 189 Å². The van der Waals surface area contributed by atoms with Crippen LogP contribution < -0.4 is 14.8 Å². The van der Waals surface area contributed by atoms with Gasteiger partial charge in [-0.3, -0.25) is 9.59 Å². The van der Waals surface area contributed by atoms with Gasteiger partial charge >= 0.3 is 0 Å². The van der Waals surface area contributed by atoms with Crippen molar-refractivity contribution in [1.82, 2.24) is 4.90 Å². The van der Waals surface area contributed by atoms with Gasteiger partial charge in [0.2, 0.25) is 11.7 Å². The average molecular weight is 440 g/mol. The molecule has 164 valence electrons. The summed E-state index contributed by atoms with van der Waals surface area (Å²) in [5.74, 6) is -1.69. The van der Waals surface area contributed by atoms with Crippen LogP contribution in [0, 0.1) is 0 Å². The molecule has 2 aromatic heterocycles. The molecule has 4 aromatic rings. The van der Waals surface area contributed by atoms with Gasteiger partial charge in [-0.15, -0.1) is 0 Å². The van der Waals surface area contributed by atoms with E-state index >= 15 is 0 Å². The number of nitrogens with zero attached hydrogens (tertiary/aromatic N) is 1. The molecule has 0 saturated carbocycles. The van der Waals surface area contributed by atoms with Crippen molar-refractivity contribution in [3.63, 3.8) is 0 Å². The first kappa shape index (κ1) is 20.5. The van der Waals surface area contributed by atoms with Gasteiger partial charge in [-0.1, -0.05) is 36.4 Å². The smallest absolute Gasteiger partial charge is 0.240 e. The molecular weight excluding hydrogens is 420 g/mol. The maximum Gasteiger partial charge on any atom is 0.240 e. The number of nitrogens with one attached hydrogen (secondary N) is 1. The van der Waals surface area contributed by atoms with Crippen LogP contribution in [-0.4, -0.2) is 23.7 Å². The first-order valence-electron chi connectivity index (χ1n) is 10.4. The van der Waals surface area contributed by atoms with E-state index in [0.29, 0.717) is 16.9 Å². The number of hydrogen-bond acceptors (Lipinski definition) is 5. The van der Waals surface area contributed by atoms with Crippen LogP contribution in [0.5, 0.6) is 5.75 Å². The maximum absolute atomic E-state index is 13.6. The lowest BCUT2D eigenvalue weighted by Crippen LogP contribution is -2.32. The summed E-state index contributed by atoms with van der Waals surface area (Å²) in [4.78, 5) is 31.1. The minimum atomic E-state index is -0.915. The summed E-state index contributed by atoms with van der Waals surface area (Å²) in [6.45, 7) is 0.140. The quantitative estimate of drug-likeness (QED) is 0.430. The average Bonchev–Trinajstić information content (AvgIpc) is 3.39. The first-order valence-corrected chi connectivity index (χ1v) is 10.4. The van der Waals surface area contributed by atoms with E-state index in [1.807, 2.05) is 18.2 Å². The Bertz CT molecular complexity index is 1360. The van der Waals surface area contributed by atoms with Gasteiger partial charge in [-0.2, -0.15) is 0 Å². The number of aromatic amines is 1. The molecule has 0 radical (unpaired) electrons. The van der Waals surface area contributed by atoms with Gasteiger partial charge in [-0.05, 0) is 30.0 Å². The second-order valence-corrected chi connectivity index (χ2v) is 7.71. The van der Waals surface area contributed by atoms with Crippen molar-refractivity contribution >= 4 is 22.7 Å². The van der Waals surface area contributed by atoms with E-state index in [2.05, 4.69) is 4.98 Å². The number of ether oxygens (including phenoxy) is 1. The van der Waals surface area contributed by atoms with Crippen LogP contribution in [0.15, 0.2) is 94.9 Å². The summed E-state index contributed by atoms with van der Waals surface area (Å²) < 4.78 is 11.2. The fourth-order valence-corrected chi connectivity index (χ4v) is 4.20. The third-order valence-electron chi connectivity index (χ3n) is 5.74. The molecule has 1 aliphatic heterocycles. The zero-order chi connectivity index (χ0) is 22.9. The predicted octanol–water partition coefficient (Wildman–Crippen LogP) is 2.84. The number of ketones is 1. The number of carbonyl (C=O) groups is 2. The van der Waals surface area contributed by atoms with Crippen molar-refractivity contribution in [2.45, 2.75) is 12.6 Å². The number of benzene rings is 2. The van der Waals surface area contributed by atoms with Crippen molar-refractivity contribution in [3.8, 4) is 5.75 Å². The Morgan fingerprint density at radius 2 is 1.91 bits per heavy atom. The highest BCUT2D eigenvalue weighted by atomic mass is 16.5. The number of methoxy groups -OCH3 is 1. The second kappa shape index (κ2) is 8.27. The Kier molecular flexibility index (Phi) is 5.14. The number of furan rings is 1. The number of hydrogen-bond donors (Lipinski definition) is 0. The predicted molar refractivity (Wildman–Crippen MR) is 117 cm³/mol. The van der Waals surface area contributed by atoms with Crippen LogP contribution in [0.2, 0.25) is 0 Å². The topological polar surface area (TPSA) is 96.9 Å². The van der Waals surface area contributed by atoms with Gasteiger partial charge in [0, 0.05) is 28.2 Å². The molecule has 7 heteroatoms. The van der Waals surface area contributed by atoms with Crippen molar-refractivity contribution in [2.75, 3.05) is 7.11 Å². The Hall–Kier alpha value is -4.39. The van der Waals surface area contributed by atoms with Crippen LogP contribution in [0.3, 0.4) is 0 Å². The molecule has 1 aliphatic rings. The summed E-state index contributed by atoms with van der Waals surface area (Å²) >= 11 is 0. The first-order chi connectivity index (χ1) is 16.1. The lowest BCUT2D eigenvalue weighted by atomic mass is 9.94. The maximum atomic E-state index is 13.6. The third-order valence-corrected chi connectivity index (χ3v) is 5.74. The minimum absolute atomic E-state index is 0.0159. The second-order valence-electron chi connectivity index (χ2n) is 7.71. The Balaban J connectivity index is 1.63. The van der Waals surface area contributed by atoms with E-state index in [4.69, 9.17) is 9.15 Å². The lowest BCUT2D eigenvalue weighted by molar-refractivity contribution is -0.378. The molecule has 2 aromatic carbocycles. The van der Waals surface area contributed by atoms with Crippen LogP contribution in [0.1, 0.15) is 27.7 Å². The van der Waals surface area contributed by atoms with Gasteiger partial charge in [0.25, 0.3) is 0 Å². The summed E-state index contributed by atoms with van der Waals surface area (Å²) in [6, 6.07) is 18.6. The largest absolute Gasteiger partial charge is 0.868 e. The highest BCUT2D eigenvalue weighted by Crippen LogP contribution is 2.42. The van der Waals surface area contributed by atoms with Crippen LogP contribution >= 0.6 is 0 Å². The number of carbonyl (C=O) groups excluding carboxylic acids is 2. The number of amides is 1. The van der Waals surface area contributed by atoms with Gasteiger partial charge in [0.15, 0.2) is 18.2 Å². The molecule has 1 atom stereocenters. The van der Waals surface area contributed by atoms with Crippen molar-refractivity contribution in [2.24, 2.45) is 0 Å². The monoisotopic (exact) mass is 440 g/mol. The third kappa shape index (κ3) is 3.53. The van der Waals surface area contributed by atoms with Crippen molar-refractivity contribution in [3.05, 3.63) is 107 Å². The summed E-state index contributed by atoms with van der Waals surface area (Å²) in [6.07, 6.45) is 3.50. The van der Waals surface area contributed by atoms with Crippen LogP contribution in [0.25, 0.3) is 11.0 Å². The number of H-pyrrole nitrogens is 1. The molecular formula is C26H20N2O5. The van der Waals surface area contributed by atoms with E-state index in [1.165, 1.54) is 12.0 Å². The molecule has 0 saturated heterocycles. The zero-order valence-corrected chi connectivity index (χ0v) is 17.8. The molecule has 3 heterocycles. The molecule has 5 rings (SSSR count). The minimum Gasteiger partial charge on any atom is -0.868 e. The van der Waals surface area contributed by atoms with E-state index in [0.717, 1.165) is 10.9 Å². The standard InChI is InChI=1S/C26H20N2O5/c1-32-20-11-5-3-9-18(20)23-22(24(29)21-13-17-8-2-4-10-19(17)33-21)25(30)26(31)28(23)15-16-7-6-12-27-14-16/h2-14,23,30H,15H2,1H3. The lowest BCUT2D eigenvalue weighted by Gasteiger charge is -2.28. The van der Waals surface area contributed by atoms with Gasteiger partial charge in [0.05, 0.1) is 19.7 Å².